The van der Waals surface area contributed by atoms with Crippen molar-refractivity contribution in [3.63, 3.8) is 0 Å². The van der Waals surface area contributed by atoms with Crippen molar-refractivity contribution in [1.29, 1.82) is 0 Å². The zero-order valence-electron chi connectivity index (χ0n) is 10.8. The first-order valence-corrected chi connectivity index (χ1v) is 7.12. The first-order chi connectivity index (χ1) is 8.43. The predicted molar refractivity (Wildman–Crippen MR) is 78.5 cm³/mol. The number of halogens is 1. The number of hydrogen-bond donors (Lipinski definition) is 1. The average Bonchev–Trinajstić information content (AvgIpc) is 2.69. The third-order valence-corrected chi connectivity index (χ3v) is 4.95. The van der Waals surface area contributed by atoms with Gasteiger partial charge in [0, 0.05) is 10.3 Å². The molecule has 18 heavy (non-hydrogen) atoms. The second kappa shape index (κ2) is 5.04. The van der Waals surface area contributed by atoms with Crippen LogP contribution in [0.2, 0.25) is 4.34 Å². The first kappa shape index (κ1) is 13.6. The molecule has 2 aromatic rings. The summed E-state index contributed by atoms with van der Waals surface area (Å²) in [6.07, 6.45) is -0.545. The molecule has 0 saturated carbocycles. The fourth-order valence-corrected chi connectivity index (χ4v) is 3.39. The van der Waals surface area contributed by atoms with Gasteiger partial charge in [0.15, 0.2) is 0 Å². The van der Waals surface area contributed by atoms with Crippen LogP contribution < -0.4 is 0 Å². The smallest absolute Gasteiger partial charge is 0.0973 e. The van der Waals surface area contributed by atoms with E-state index in [1.54, 1.807) is 0 Å². The molecule has 96 valence electrons. The van der Waals surface area contributed by atoms with Gasteiger partial charge < -0.3 is 5.11 Å². The number of thiophene rings is 1. The van der Waals surface area contributed by atoms with E-state index in [4.69, 9.17) is 11.6 Å². The van der Waals surface area contributed by atoms with Crippen LogP contribution in [-0.2, 0) is 5.41 Å². The molecule has 1 unspecified atom stereocenters. The quantitative estimate of drug-likeness (QED) is 0.862. The molecule has 1 heterocycles. The molecule has 0 aliphatic heterocycles. The number of aryl methyl sites for hydroxylation is 1. The Morgan fingerprint density at radius 1 is 1.22 bits per heavy atom. The highest BCUT2D eigenvalue weighted by molar-refractivity contribution is 7.16. The van der Waals surface area contributed by atoms with Gasteiger partial charge in [0.2, 0.25) is 0 Å². The van der Waals surface area contributed by atoms with Crippen LogP contribution in [0, 0.1) is 6.92 Å². The highest BCUT2D eigenvalue weighted by Crippen LogP contribution is 2.41. The van der Waals surface area contributed by atoms with E-state index in [1.807, 2.05) is 43.3 Å². The van der Waals surface area contributed by atoms with E-state index in [-0.39, 0.29) is 5.41 Å². The molecule has 0 radical (unpaired) electrons. The lowest BCUT2D eigenvalue weighted by molar-refractivity contribution is 0.104. The summed E-state index contributed by atoms with van der Waals surface area (Å²) >= 11 is 7.54. The Labute approximate surface area is 117 Å². The van der Waals surface area contributed by atoms with Crippen LogP contribution in [0.15, 0.2) is 36.4 Å². The molecule has 0 aliphatic carbocycles. The topological polar surface area (TPSA) is 20.2 Å². The monoisotopic (exact) mass is 280 g/mol. The molecule has 0 amide bonds. The molecule has 0 saturated heterocycles. The summed E-state index contributed by atoms with van der Waals surface area (Å²) in [6.45, 7) is 6.07. The summed E-state index contributed by atoms with van der Waals surface area (Å²) in [4.78, 5) is 0.923. The fraction of sp³-hybridized carbons (Fsp3) is 0.333. The van der Waals surface area contributed by atoms with Gasteiger partial charge >= 0.3 is 0 Å². The lowest BCUT2D eigenvalue weighted by Crippen LogP contribution is -2.26. The van der Waals surface area contributed by atoms with Crippen molar-refractivity contribution >= 4 is 22.9 Å². The lowest BCUT2D eigenvalue weighted by Gasteiger charge is -2.30. The Bertz CT molecular complexity index is 511. The molecule has 0 bridgehead atoms. The van der Waals surface area contributed by atoms with E-state index < -0.39 is 6.10 Å². The second-order valence-corrected chi connectivity index (χ2v) is 6.78. The predicted octanol–water partition coefficient (Wildman–Crippen LogP) is 4.72. The van der Waals surface area contributed by atoms with Gasteiger partial charge in [-0.1, -0.05) is 55.8 Å². The molecule has 3 heteroatoms. The maximum absolute atomic E-state index is 10.6. The van der Waals surface area contributed by atoms with Gasteiger partial charge in [-0.05, 0) is 24.1 Å². The zero-order valence-corrected chi connectivity index (χ0v) is 12.3. The highest BCUT2D eigenvalue weighted by Gasteiger charge is 2.32. The summed E-state index contributed by atoms with van der Waals surface area (Å²) in [5, 5.41) is 10.6. The minimum Gasteiger partial charge on any atom is -0.387 e. The summed E-state index contributed by atoms with van der Waals surface area (Å²) in [5.74, 6) is 0. The Balaban J connectivity index is 2.35. The minimum absolute atomic E-state index is 0.331. The number of aliphatic hydroxyl groups excluding tert-OH is 1. The number of benzene rings is 1. The van der Waals surface area contributed by atoms with Crippen molar-refractivity contribution in [3.05, 3.63) is 56.7 Å². The van der Waals surface area contributed by atoms with Gasteiger partial charge in [0.25, 0.3) is 0 Å². The lowest BCUT2D eigenvalue weighted by atomic mass is 9.79. The maximum atomic E-state index is 10.6. The maximum Gasteiger partial charge on any atom is 0.0973 e. The van der Waals surface area contributed by atoms with E-state index in [9.17, 15) is 5.11 Å². The molecule has 1 nitrogen and oxygen atoms in total. The van der Waals surface area contributed by atoms with Gasteiger partial charge in [0.05, 0.1) is 10.4 Å². The van der Waals surface area contributed by atoms with Crippen LogP contribution in [0.4, 0.5) is 0 Å². The van der Waals surface area contributed by atoms with Crippen molar-refractivity contribution in [3.8, 4) is 0 Å². The molecular formula is C15H17ClOS. The van der Waals surface area contributed by atoms with E-state index in [1.165, 1.54) is 11.3 Å². The van der Waals surface area contributed by atoms with Crippen molar-refractivity contribution < 1.29 is 5.11 Å². The van der Waals surface area contributed by atoms with Crippen LogP contribution in [0.25, 0.3) is 0 Å². The summed E-state index contributed by atoms with van der Waals surface area (Å²) in [7, 11) is 0. The summed E-state index contributed by atoms with van der Waals surface area (Å²) < 4.78 is 0.757. The third-order valence-electron chi connectivity index (χ3n) is 3.35. The molecule has 1 N–H and O–H groups in total. The first-order valence-electron chi connectivity index (χ1n) is 5.92. The van der Waals surface area contributed by atoms with Crippen molar-refractivity contribution in [1.82, 2.24) is 0 Å². The third kappa shape index (κ3) is 2.46. The van der Waals surface area contributed by atoms with E-state index in [0.717, 1.165) is 20.3 Å². The molecule has 0 fully saturated rings. The molecule has 0 aliphatic rings. The Hall–Kier alpha value is -0.830. The van der Waals surface area contributed by atoms with Crippen LogP contribution in [0.5, 0.6) is 0 Å². The van der Waals surface area contributed by atoms with Crippen LogP contribution in [-0.4, -0.2) is 5.11 Å². The Morgan fingerprint density at radius 2 is 1.83 bits per heavy atom. The van der Waals surface area contributed by atoms with Gasteiger partial charge in [-0.15, -0.1) is 11.3 Å². The van der Waals surface area contributed by atoms with Crippen LogP contribution in [0.1, 0.15) is 36.0 Å². The fourth-order valence-electron chi connectivity index (χ4n) is 2.00. The molecular weight excluding hydrogens is 264 g/mol. The normalized spacial score (nSPS) is 13.6. The van der Waals surface area contributed by atoms with Gasteiger partial charge in [0.1, 0.15) is 0 Å². The molecule has 2 rings (SSSR count). The van der Waals surface area contributed by atoms with Crippen molar-refractivity contribution in [2.24, 2.45) is 0 Å². The number of aliphatic hydroxyl groups is 1. The molecule has 1 aromatic carbocycles. The standard InChI is InChI=1S/C15H17ClOS/c1-10-9-12(18-14(10)16)13(17)15(2,3)11-7-5-4-6-8-11/h4-9,13,17H,1-3H3. The largest absolute Gasteiger partial charge is 0.387 e. The SMILES string of the molecule is Cc1cc(C(O)C(C)(C)c2ccccc2)sc1Cl. The highest BCUT2D eigenvalue weighted by atomic mass is 35.5. The van der Waals surface area contributed by atoms with E-state index in [0.29, 0.717) is 0 Å². The zero-order chi connectivity index (χ0) is 13.3. The van der Waals surface area contributed by atoms with Crippen molar-refractivity contribution in [2.45, 2.75) is 32.3 Å². The van der Waals surface area contributed by atoms with Crippen molar-refractivity contribution in [2.75, 3.05) is 0 Å². The Morgan fingerprint density at radius 3 is 2.33 bits per heavy atom. The minimum atomic E-state index is -0.545. The number of hydrogen-bond acceptors (Lipinski definition) is 2. The van der Waals surface area contributed by atoms with Gasteiger partial charge in [-0.25, -0.2) is 0 Å². The van der Waals surface area contributed by atoms with Gasteiger partial charge in [-0.3, -0.25) is 0 Å². The molecule has 0 spiro atoms. The second-order valence-electron chi connectivity index (χ2n) is 5.10. The molecule has 1 aromatic heterocycles. The van der Waals surface area contributed by atoms with Gasteiger partial charge in [-0.2, -0.15) is 0 Å². The summed E-state index contributed by atoms with van der Waals surface area (Å²) in [6, 6.07) is 12.0. The van der Waals surface area contributed by atoms with Crippen LogP contribution >= 0.6 is 22.9 Å². The van der Waals surface area contributed by atoms with Crippen LogP contribution in [0.3, 0.4) is 0 Å². The number of rotatable bonds is 3. The summed E-state index contributed by atoms with van der Waals surface area (Å²) in [5.41, 5.74) is 1.82. The van der Waals surface area contributed by atoms with E-state index in [2.05, 4.69) is 13.8 Å². The Kier molecular flexibility index (Phi) is 3.81. The average molecular weight is 281 g/mol. The van der Waals surface area contributed by atoms with E-state index >= 15 is 0 Å². The molecule has 1 atom stereocenters.